The van der Waals surface area contributed by atoms with Crippen LogP contribution in [-0.2, 0) is 4.74 Å². The van der Waals surface area contributed by atoms with Crippen LogP contribution in [0.3, 0.4) is 0 Å². The number of nitriles is 1. The van der Waals surface area contributed by atoms with Crippen molar-refractivity contribution in [1.29, 1.82) is 5.26 Å². The van der Waals surface area contributed by atoms with Crippen molar-refractivity contribution in [2.45, 2.75) is 31.8 Å². The van der Waals surface area contributed by atoms with E-state index in [0.717, 1.165) is 0 Å². The van der Waals surface area contributed by atoms with Crippen LogP contribution in [0, 0.1) is 11.3 Å². The Balaban J connectivity index is 1.68. The highest BCUT2D eigenvalue weighted by Gasteiger charge is 2.14. The van der Waals surface area contributed by atoms with Crippen molar-refractivity contribution in [3.8, 4) is 6.07 Å². The molecule has 0 unspecified atom stereocenters. The summed E-state index contributed by atoms with van der Waals surface area (Å²) in [4.78, 5) is 8.05. The average molecular weight is 232 g/mol. The van der Waals surface area contributed by atoms with Crippen molar-refractivity contribution >= 4 is 5.95 Å². The third kappa shape index (κ3) is 3.68. The third-order valence-corrected chi connectivity index (χ3v) is 2.81. The number of hydrogen-bond acceptors (Lipinski definition) is 5. The minimum absolute atomic E-state index is 0.374. The minimum atomic E-state index is 0.374. The van der Waals surface area contributed by atoms with Crippen LogP contribution in [0.15, 0.2) is 12.3 Å². The van der Waals surface area contributed by atoms with E-state index in [1.807, 2.05) is 6.07 Å². The summed E-state index contributed by atoms with van der Waals surface area (Å²) >= 11 is 0. The lowest BCUT2D eigenvalue weighted by molar-refractivity contribution is 0.0658. The Morgan fingerprint density at radius 3 is 3.06 bits per heavy atom. The molecule has 90 valence electrons. The first-order chi connectivity index (χ1) is 8.38. The van der Waals surface area contributed by atoms with E-state index in [-0.39, 0.29) is 0 Å². The number of aromatic nitrogens is 2. The highest BCUT2D eigenvalue weighted by atomic mass is 16.5. The fourth-order valence-corrected chi connectivity index (χ4v) is 1.95. The van der Waals surface area contributed by atoms with Gasteiger partial charge in [0.15, 0.2) is 0 Å². The zero-order valence-electron chi connectivity index (χ0n) is 9.72. The summed E-state index contributed by atoms with van der Waals surface area (Å²) in [5, 5.41) is 11.7. The molecule has 1 aromatic rings. The lowest BCUT2D eigenvalue weighted by atomic mass is 10.3. The highest BCUT2D eigenvalue weighted by Crippen LogP contribution is 2.20. The molecule has 1 aliphatic carbocycles. The first-order valence-corrected chi connectivity index (χ1v) is 5.97. The molecule has 0 spiro atoms. The van der Waals surface area contributed by atoms with Crippen LogP contribution in [0.25, 0.3) is 0 Å². The Hall–Kier alpha value is -1.67. The lowest BCUT2D eigenvalue weighted by Crippen LogP contribution is -2.16. The third-order valence-electron chi connectivity index (χ3n) is 2.81. The summed E-state index contributed by atoms with van der Waals surface area (Å²) in [7, 11) is 0. The van der Waals surface area contributed by atoms with Gasteiger partial charge in [-0.1, -0.05) is 12.8 Å². The summed E-state index contributed by atoms with van der Waals surface area (Å²) in [5.41, 5.74) is 0.374. The highest BCUT2D eigenvalue weighted by molar-refractivity contribution is 5.29. The van der Waals surface area contributed by atoms with Gasteiger partial charge < -0.3 is 10.1 Å². The van der Waals surface area contributed by atoms with Crippen LogP contribution in [0.2, 0.25) is 0 Å². The summed E-state index contributed by atoms with van der Waals surface area (Å²) in [6.07, 6.45) is 6.94. The molecule has 0 aliphatic heterocycles. The van der Waals surface area contributed by atoms with Crippen LogP contribution < -0.4 is 5.32 Å². The van der Waals surface area contributed by atoms with Crippen molar-refractivity contribution in [2.75, 3.05) is 18.5 Å². The summed E-state index contributed by atoms with van der Waals surface area (Å²) in [6, 6.07) is 3.56. The van der Waals surface area contributed by atoms with E-state index >= 15 is 0 Å². The summed E-state index contributed by atoms with van der Waals surface area (Å²) < 4.78 is 5.70. The fraction of sp³-hybridized carbons (Fsp3) is 0.583. The largest absolute Gasteiger partial charge is 0.376 e. The average Bonchev–Trinajstić information content (AvgIpc) is 2.88. The maximum Gasteiger partial charge on any atom is 0.223 e. The molecule has 0 amide bonds. The first kappa shape index (κ1) is 11.8. The van der Waals surface area contributed by atoms with Crippen molar-refractivity contribution < 1.29 is 4.74 Å². The molecule has 0 saturated heterocycles. The lowest BCUT2D eigenvalue weighted by Gasteiger charge is -2.11. The van der Waals surface area contributed by atoms with Gasteiger partial charge in [0, 0.05) is 12.7 Å². The van der Waals surface area contributed by atoms with E-state index in [4.69, 9.17) is 10.00 Å². The number of ether oxygens (including phenoxy) is 1. The molecule has 0 atom stereocenters. The Bertz CT molecular complexity index is 396. The quantitative estimate of drug-likeness (QED) is 0.783. The van der Waals surface area contributed by atoms with Crippen LogP contribution in [0.4, 0.5) is 5.95 Å². The maximum absolute atomic E-state index is 8.68. The molecule has 1 heterocycles. The minimum Gasteiger partial charge on any atom is -0.376 e. The fourth-order valence-electron chi connectivity index (χ4n) is 1.95. The van der Waals surface area contributed by atoms with E-state index in [2.05, 4.69) is 15.3 Å². The number of anilines is 1. The number of rotatable bonds is 5. The van der Waals surface area contributed by atoms with Crippen molar-refractivity contribution in [2.24, 2.45) is 0 Å². The van der Waals surface area contributed by atoms with Gasteiger partial charge in [-0.25, -0.2) is 9.97 Å². The van der Waals surface area contributed by atoms with E-state index in [9.17, 15) is 0 Å². The molecule has 1 saturated carbocycles. The van der Waals surface area contributed by atoms with E-state index in [1.54, 1.807) is 12.3 Å². The van der Waals surface area contributed by atoms with Crippen LogP contribution in [-0.4, -0.2) is 29.2 Å². The standard InChI is InChI=1S/C12H16N4O/c13-9-10-5-6-14-12(16-10)15-7-8-17-11-3-1-2-4-11/h5-6,11H,1-4,7-8H2,(H,14,15,16). The zero-order chi connectivity index (χ0) is 11.9. The second-order valence-corrected chi connectivity index (χ2v) is 4.08. The molecule has 1 aromatic heterocycles. The molecule has 1 aliphatic rings. The van der Waals surface area contributed by atoms with E-state index in [1.165, 1.54) is 25.7 Å². The van der Waals surface area contributed by atoms with Gasteiger partial charge in [-0.15, -0.1) is 0 Å². The summed E-state index contributed by atoms with van der Waals surface area (Å²) in [5.74, 6) is 0.485. The molecule has 0 aromatic carbocycles. The zero-order valence-corrected chi connectivity index (χ0v) is 9.72. The van der Waals surface area contributed by atoms with Crippen molar-refractivity contribution in [1.82, 2.24) is 9.97 Å². The molecule has 17 heavy (non-hydrogen) atoms. The summed E-state index contributed by atoms with van der Waals surface area (Å²) in [6.45, 7) is 1.33. The Kier molecular flexibility index (Phi) is 4.28. The van der Waals surface area contributed by atoms with Gasteiger partial charge in [0.05, 0.1) is 12.7 Å². The van der Waals surface area contributed by atoms with Gasteiger partial charge in [-0.3, -0.25) is 0 Å². The smallest absolute Gasteiger partial charge is 0.223 e. The number of hydrogen-bond donors (Lipinski definition) is 1. The predicted molar refractivity (Wildman–Crippen MR) is 63.4 cm³/mol. The first-order valence-electron chi connectivity index (χ1n) is 5.97. The van der Waals surface area contributed by atoms with Crippen LogP contribution >= 0.6 is 0 Å². The SMILES string of the molecule is N#Cc1ccnc(NCCOC2CCCC2)n1. The Morgan fingerprint density at radius 1 is 1.47 bits per heavy atom. The van der Waals surface area contributed by atoms with Crippen molar-refractivity contribution in [3.05, 3.63) is 18.0 Å². The van der Waals surface area contributed by atoms with Gasteiger partial charge >= 0.3 is 0 Å². The maximum atomic E-state index is 8.68. The Labute approximate surface area is 101 Å². The van der Waals surface area contributed by atoms with E-state index in [0.29, 0.717) is 30.9 Å². The van der Waals surface area contributed by atoms with Gasteiger partial charge in [0.2, 0.25) is 5.95 Å². The topological polar surface area (TPSA) is 70.8 Å². The normalized spacial score (nSPS) is 15.7. The van der Waals surface area contributed by atoms with Gasteiger partial charge in [-0.05, 0) is 18.9 Å². The van der Waals surface area contributed by atoms with Crippen LogP contribution in [0.1, 0.15) is 31.4 Å². The molecular weight excluding hydrogens is 216 g/mol. The molecular formula is C12H16N4O. The van der Waals surface area contributed by atoms with Crippen LogP contribution in [0.5, 0.6) is 0 Å². The molecule has 0 bridgehead atoms. The van der Waals surface area contributed by atoms with E-state index < -0.39 is 0 Å². The number of nitrogens with zero attached hydrogens (tertiary/aromatic N) is 3. The second-order valence-electron chi connectivity index (χ2n) is 4.08. The number of nitrogens with one attached hydrogen (secondary N) is 1. The molecule has 5 heteroatoms. The monoisotopic (exact) mass is 232 g/mol. The molecule has 0 radical (unpaired) electrons. The van der Waals surface area contributed by atoms with Gasteiger partial charge in [-0.2, -0.15) is 5.26 Å². The molecule has 1 fully saturated rings. The van der Waals surface area contributed by atoms with Crippen molar-refractivity contribution in [3.63, 3.8) is 0 Å². The Morgan fingerprint density at radius 2 is 2.29 bits per heavy atom. The molecule has 2 rings (SSSR count). The molecule has 5 nitrogen and oxygen atoms in total. The van der Waals surface area contributed by atoms with Gasteiger partial charge in [0.25, 0.3) is 0 Å². The second kappa shape index (κ2) is 6.16. The predicted octanol–water partition coefficient (Wildman–Crippen LogP) is 1.72. The van der Waals surface area contributed by atoms with Gasteiger partial charge in [0.1, 0.15) is 11.8 Å². The molecule has 1 N–H and O–H groups in total.